The second-order valence-electron chi connectivity index (χ2n) is 3.25. The first-order valence-corrected chi connectivity index (χ1v) is 4.70. The molecular formula is C6H13B2O3P. The Balaban J connectivity index is 2.60. The van der Waals surface area contributed by atoms with Gasteiger partial charge in [0.15, 0.2) is 0 Å². The fourth-order valence-corrected chi connectivity index (χ4v) is 1.97. The minimum atomic E-state index is -0.605. The molecule has 1 fully saturated rings. The van der Waals surface area contributed by atoms with Crippen molar-refractivity contribution in [1.82, 2.24) is 0 Å². The van der Waals surface area contributed by atoms with Crippen LogP contribution in [0.3, 0.4) is 0 Å². The first kappa shape index (κ1) is 10.5. The molecule has 0 aliphatic carbocycles. The van der Waals surface area contributed by atoms with E-state index >= 15 is 0 Å². The largest absolute Gasteiger partial charge is 0.394 e. The molecule has 1 rings (SSSR count). The zero-order chi connectivity index (χ0) is 9.30. The van der Waals surface area contributed by atoms with Crippen molar-refractivity contribution in [1.29, 1.82) is 0 Å². The van der Waals surface area contributed by atoms with Gasteiger partial charge in [0.1, 0.15) is 12.4 Å². The molecule has 6 heteroatoms. The average Bonchev–Trinajstić information content (AvgIpc) is 2.30. The van der Waals surface area contributed by atoms with E-state index in [0.29, 0.717) is 0 Å². The van der Waals surface area contributed by atoms with Crippen molar-refractivity contribution in [2.75, 3.05) is 6.61 Å². The molecule has 0 aromatic carbocycles. The van der Waals surface area contributed by atoms with Crippen LogP contribution in [0.15, 0.2) is 0 Å². The molecule has 5 atom stereocenters. The summed E-state index contributed by atoms with van der Waals surface area (Å²) in [6.07, 6.45) is -1.27. The number of rotatable bonds is 2. The van der Waals surface area contributed by atoms with Crippen molar-refractivity contribution in [3.63, 3.8) is 0 Å². The van der Waals surface area contributed by atoms with E-state index in [1.807, 2.05) is 6.92 Å². The summed E-state index contributed by atoms with van der Waals surface area (Å²) in [6.45, 7) is 1.72. The van der Waals surface area contributed by atoms with Crippen molar-refractivity contribution in [2.45, 2.75) is 25.1 Å². The van der Waals surface area contributed by atoms with Gasteiger partial charge in [0, 0.05) is 19.7 Å². The maximum atomic E-state index is 9.53. The van der Waals surface area contributed by atoms with Crippen molar-refractivity contribution in [3.8, 4) is 0 Å². The van der Waals surface area contributed by atoms with Gasteiger partial charge in [-0.25, -0.2) is 0 Å². The first-order chi connectivity index (χ1) is 5.57. The van der Waals surface area contributed by atoms with Crippen molar-refractivity contribution >= 4 is 23.2 Å². The predicted molar refractivity (Wildman–Crippen MR) is 52.1 cm³/mol. The molecule has 1 aliphatic rings. The minimum absolute atomic E-state index is 0.0188. The van der Waals surface area contributed by atoms with E-state index in [1.165, 1.54) is 0 Å². The highest BCUT2D eigenvalue weighted by Crippen LogP contribution is 2.28. The van der Waals surface area contributed by atoms with Gasteiger partial charge < -0.3 is 14.9 Å². The molecule has 0 aromatic heterocycles. The van der Waals surface area contributed by atoms with E-state index in [-0.39, 0.29) is 24.9 Å². The van der Waals surface area contributed by atoms with E-state index in [2.05, 4.69) is 9.12 Å². The monoisotopic (exact) mass is 186 g/mol. The van der Waals surface area contributed by atoms with Crippen molar-refractivity contribution in [2.24, 2.45) is 5.92 Å². The summed E-state index contributed by atoms with van der Waals surface area (Å²) < 4.78 is 5.35. The highest BCUT2D eigenvalue weighted by atomic mass is 31.0. The molecule has 0 spiro atoms. The van der Waals surface area contributed by atoms with Crippen LogP contribution in [0.5, 0.6) is 0 Å². The summed E-state index contributed by atoms with van der Waals surface area (Å²) in [7, 11) is 8.05. The topological polar surface area (TPSA) is 49.7 Å². The van der Waals surface area contributed by atoms with Gasteiger partial charge in [-0.15, -0.1) is 0 Å². The lowest BCUT2D eigenvalue weighted by molar-refractivity contribution is -0.00533. The number of aliphatic hydroxyl groups excluding tert-OH is 2. The highest BCUT2D eigenvalue weighted by molar-refractivity contribution is 7.72. The molecule has 1 unspecified atom stereocenters. The first-order valence-electron chi connectivity index (χ1n) is 4.03. The second-order valence-corrected chi connectivity index (χ2v) is 4.02. The molecule has 0 amide bonds. The molecule has 3 nitrogen and oxygen atoms in total. The molecular weight excluding hydrogens is 173 g/mol. The van der Waals surface area contributed by atoms with Crippen LogP contribution < -0.4 is 0 Å². The van der Waals surface area contributed by atoms with Gasteiger partial charge in [0.2, 0.25) is 0 Å². The van der Waals surface area contributed by atoms with E-state index in [1.54, 1.807) is 0 Å². The van der Waals surface area contributed by atoms with Crippen LogP contribution in [-0.4, -0.2) is 49.1 Å². The summed E-state index contributed by atoms with van der Waals surface area (Å²) in [4.78, 5) is 0. The number of hydrogen-bond acceptors (Lipinski definition) is 3. The Morgan fingerprint density at radius 1 is 1.67 bits per heavy atom. The van der Waals surface area contributed by atoms with Gasteiger partial charge in [-0.3, -0.25) is 0 Å². The molecule has 0 saturated carbocycles. The van der Waals surface area contributed by atoms with Crippen LogP contribution in [-0.2, 0) is 4.74 Å². The van der Waals surface area contributed by atoms with Crippen LogP contribution >= 0.6 is 9.12 Å². The molecule has 12 heavy (non-hydrogen) atoms. The molecule has 2 N–H and O–H groups in total. The average molecular weight is 186 g/mol. The Labute approximate surface area is 76.5 Å². The predicted octanol–water partition coefficient (Wildman–Crippen LogP) is -1.19. The van der Waals surface area contributed by atoms with E-state index in [9.17, 15) is 5.11 Å². The van der Waals surface area contributed by atoms with Crippen molar-refractivity contribution < 1.29 is 14.9 Å². The number of ether oxygens (including phenoxy) is 1. The quantitative estimate of drug-likeness (QED) is 0.421. The Bertz CT molecular complexity index is 158. The lowest BCUT2D eigenvalue weighted by Gasteiger charge is -2.17. The van der Waals surface area contributed by atoms with Crippen LogP contribution in [0.4, 0.5) is 0 Å². The van der Waals surface area contributed by atoms with Gasteiger partial charge in [-0.05, 0) is 0 Å². The minimum Gasteiger partial charge on any atom is -0.394 e. The van der Waals surface area contributed by atoms with Crippen LogP contribution in [0.2, 0.25) is 0 Å². The van der Waals surface area contributed by atoms with Gasteiger partial charge in [-0.1, -0.05) is 6.92 Å². The maximum Gasteiger partial charge on any atom is 0.149 e. The third kappa shape index (κ3) is 1.85. The second kappa shape index (κ2) is 4.10. The fraction of sp³-hybridized carbons (Fsp3) is 1.00. The van der Waals surface area contributed by atoms with Crippen LogP contribution in [0.25, 0.3) is 0 Å². The van der Waals surface area contributed by atoms with Gasteiger partial charge >= 0.3 is 0 Å². The third-order valence-electron chi connectivity index (χ3n) is 2.33. The summed E-state index contributed by atoms with van der Waals surface area (Å²) in [5, 5.41) is 18.3. The summed E-state index contributed by atoms with van der Waals surface area (Å²) in [6, 6.07) is -0.179. The maximum absolute atomic E-state index is 9.53. The fourth-order valence-electron chi connectivity index (χ4n) is 1.53. The molecule has 1 heterocycles. The Kier molecular flexibility index (Phi) is 3.59. The third-order valence-corrected chi connectivity index (χ3v) is 2.71. The van der Waals surface area contributed by atoms with E-state index in [4.69, 9.17) is 17.6 Å². The lowest BCUT2D eigenvalue weighted by Crippen LogP contribution is -2.32. The molecule has 66 valence electrons. The zero-order valence-corrected chi connectivity index (χ0v) is 8.21. The Hall–Kier alpha value is 0.440. The zero-order valence-electron chi connectivity index (χ0n) is 7.05. The lowest BCUT2D eigenvalue weighted by atomic mass is 9.47. The van der Waals surface area contributed by atoms with E-state index < -0.39 is 12.2 Å². The summed E-state index contributed by atoms with van der Waals surface area (Å²) in [5.41, 5.74) is 0. The SMILES string of the molecule is [B]B(P)[C@@H]1O[C@H](CO)[C@@H](O)[C@H]1C. The highest BCUT2D eigenvalue weighted by Gasteiger charge is 2.41. The molecule has 0 bridgehead atoms. The Morgan fingerprint density at radius 2 is 2.25 bits per heavy atom. The number of aliphatic hydroxyl groups is 2. The van der Waals surface area contributed by atoms with Crippen molar-refractivity contribution in [3.05, 3.63) is 0 Å². The van der Waals surface area contributed by atoms with Gasteiger partial charge in [0.05, 0.1) is 12.7 Å². The standard InChI is InChI=1S/C6H13B2O3P/c1-3-5(10)4(2-9)11-6(3)8(7)12/h3-6,9-10H,2,12H2,1H3/t3-,4-,5+,6-/m1/s1. The molecule has 1 saturated heterocycles. The number of hydrogen-bond donors (Lipinski definition) is 2. The summed E-state index contributed by atoms with van der Waals surface area (Å²) >= 11 is 0. The Morgan fingerprint density at radius 3 is 2.50 bits per heavy atom. The van der Waals surface area contributed by atoms with Gasteiger partial charge in [0.25, 0.3) is 0 Å². The molecule has 1 aliphatic heterocycles. The summed E-state index contributed by atoms with van der Waals surface area (Å²) in [5.74, 6) is -0.0188. The van der Waals surface area contributed by atoms with Crippen LogP contribution in [0, 0.1) is 5.92 Å². The van der Waals surface area contributed by atoms with Gasteiger partial charge in [-0.2, -0.15) is 9.12 Å². The normalized spacial score (nSPS) is 41.7. The van der Waals surface area contributed by atoms with Crippen LogP contribution in [0.1, 0.15) is 6.92 Å². The molecule has 2 radical (unpaired) electrons. The smallest absolute Gasteiger partial charge is 0.149 e. The molecule has 0 aromatic rings. The van der Waals surface area contributed by atoms with E-state index in [0.717, 1.165) is 0 Å².